The van der Waals surface area contributed by atoms with Gasteiger partial charge in [-0.25, -0.2) is 0 Å². The zero-order valence-electron chi connectivity index (χ0n) is 33.0. The Bertz CT molecular complexity index is 4090. The molecule has 4 heteroatoms. The smallest absolute Gasteiger partial charge is 0.0634 e. The first-order valence-electron chi connectivity index (χ1n) is 21.0. The van der Waals surface area contributed by atoms with E-state index in [0.29, 0.717) is 0 Å². The first-order chi connectivity index (χ1) is 29.7. The Morgan fingerprint density at radius 1 is 0.267 bits per heavy atom. The SMILES string of the molecule is Cc1cccc2c3ccccc3n(-c3ccc4c(c3)c3c5c6ccccc6n6c7ccc(-n8c9ccccc9c9cccc(C)c98)cc7c(c7c8ccccc8n4c73)c56)c12. The van der Waals surface area contributed by atoms with Gasteiger partial charge in [0.05, 0.1) is 55.2 Å². The van der Waals surface area contributed by atoms with Crippen LogP contribution < -0.4 is 0 Å². The summed E-state index contributed by atoms with van der Waals surface area (Å²) in [4.78, 5) is 0. The van der Waals surface area contributed by atoms with E-state index in [2.05, 4.69) is 202 Å². The van der Waals surface area contributed by atoms with Crippen molar-refractivity contribution in [3.63, 3.8) is 0 Å². The second-order valence-corrected chi connectivity index (χ2v) is 17.0. The molecule has 0 aliphatic carbocycles. The predicted molar refractivity (Wildman–Crippen MR) is 254 cm³/mol. The number of nitrogens with zero attached hydrogens (tertiary/aromatic N) is 4. The van der Waals surface area contributed by atoms with E-state index >= 15 is 0 Å². The van der Waals surface area contributed by atoms with Crippen LogP contribution in [0.3, 0.4) is 0 Å². The number of aryl methyl sites for hydroxylation is 2. The molecule has 0 unspecified atom stereocenters. The summed E-state index contributed by atoms with van der Waals surface area (Å²) in [5, 5.41) is 15.6. The number of rotatable bonds is 2. The summed E-state index contributed by atoms with van der Waals surface area (Å²) in [5.41, 5.74) is 17.5. The molecular weight excluding hydrogens is 729 g/mol. The molecule has 0 amide bonds. The normalized spacial score (nSPS) is 12.8. The van der Waals surface area contributed by atoms with Crippen LogP contribution in [0.2, 0.25) is 0 Å². The molecule has 0 spiro atoms. The topological polar surface area (TPSA) is 18.7 Å². The van der Waals surface area contributed by atoms with E-state index in [-0.39, 0.29) is 0 Å². The van der Waals surface area contributed by atoms with Gasteiger partial charge in [-0.15, -0.1) is 0 Å². The van der Waals surface area contributed by atoms with Gasteiger partial charge in [0.25, 0.3) is 0 Å². The number of benzene rings is 9. The molecule has 0 aliphatic rings. The summed E-state index contributed by atoms with van der Waals surface area (Å²) >= 11 is 0. The molecule has 0 atom stereocenters. The molecule has 15 aromatic rings. The monoisotopic (exact) mass is 762 g/mol. The van der Waals surface area contributed by atoms with Gasteiger partial charge in [0.1, 0.15) is 0 Å². The van der Waals surface area contributed by atoms with Crippen molar-refractivity contribution in [2.75, 3.05) is 0 Å². The number of aromatic nitrogens is 4. The Hall–Kier alpha value is -7.82. The van der Waals surface area contributed by atoms with Crippen LogP contribution in [0, 0.1) is 13.8 Å². The average Bonchev–Trinajstić information content (AvgIpc) is 4.12. The van der Waals surface area contributed by atoms with Crippen molar-refractivity contribution >= 4 is 120 Å². The fraction of sp³-hybridized carbons (Fsp3) is 0.0357. The van der Waals surface area contributed by atoms with Crippen molar-refractivity contribution in [1.29, 1.82) is 0 Å². The van der Waals surface area contributed by atoms with E-state index in [1.807, 2.05) is 0 Å². The highest BCUT2D eigenvalue weighted by Crippen LogP contribution is 2.52. The molecule has 0 N–H and O–H groups in total. The minimum atomic E-state index is 1.18. The third kappa shape index (κ3) is 3.50. The molecule has 6 heterocycles. The fourth-order valence-electron chi connectivity index (χ4n) is 11.8. The van der Waals surface area contributed by atoms with Gasteiger partial charge in [-0.3, -0.25) is 0 Å². The highest BCUT2D eigenvalue weighted by molar-refractivity contribution is 6.45. The Kier molecular flexibility index (Phi) is 5.52. The molecular formula is C56H34N4. The molecule has 278 valence electrons. The minimum Gasteiger partial charge on any atom is -0.309 e. The van der Waals surface area contributed by atoms with Crippen LogP contribution >= 0.6 is 0 Å². The van der Waals surface area contributed by atoms with E-state index in [4.69, 9.17) is 0 Å². The van der Waals surface area contributed by atoms with Gasteiger partial charge in [0.2, 0.25) is 0 Å². The number of fused-ring (bicyclic) bond motifs is 20. The van der Waals surface area contributed by atoms with Gasteiger partial charge in [0.15, 0.2) is 0 Å². The molecule has 60 heavy (non-hydrogen) atoms. The molecule has 0 bridgehead atoms. The van der Waals surface area contributed by atoms with Crippen molar-refractivity contribution in [2.45, 2.75) is 13.8 Å². The van der Waals surface area contributed by atoms with E-state index in [9.17, 15) is 0 Å². The van der Waals surface area contributed by atoms with E-state index < -0.39 is 0 Å². The highest BCUT2D eigenvalue weighted by atomic mass is 15.0. The number of hydrogen-bond donors (Lipinski definition) is 0. The lowest BCUT2D eigenvalue weighted by molar-refractivity contribution is 1.17. The first-order valence-corrected chi connectivity index (χ1v) is 21.0. The van der Waals surface area contributed by atoms with Crippen molar-refractivity contribution in [3.05, 3.63) is 181 Å². The van der Waals surface area contributed by atoms with Crippen molar-refractivity contribution in [2.24, 2.45) is 0 Å². The number of hydrogen-bond acceptors (Lipinski definition) is 0. The lowest BCUT2D eigenvalue weighted by Crippen LogP contribution is -1.95. The molecule has 0 radical (unpaired) electrons. The molecule has 6 aromatic heterocycles. The lowest BCUT2D eigenvalue weighted by atomic mass is 9.97. The second-order valence-electron chi connectivity index (χ2n) is 17.0. The Balaban J connectivity index is 1.15. The van der Waals surface area contributed by atoms with Crippen LogP contribution in [0.5, 0.6) is 0 Å². The zero-order valence-corrected chi connectivity index (χ0v) is 33.0. The van der Waals surface area contributed by atoms with Crippen molar-refractivity contribution in [3.8, 4) is 11.4 Å². The molecule has 0 aliphatic heterocycles. The van der Waals surface area contributed by atoms with Crippen LogP contribution in [0.1, 0.15) is 11.1 Å². The van der Waals surface area contributed by atoms with Gasteiger partial charge in [0, 0.05) is 76.0 Å². The summed E-state index contributed by atoms with van der Waals surface area (Å²) in [6.07, 6.45) is 0. The molecule has 0 saturated carbocycles. The standard InChI is InChI=1S/C56H34N4/c1-31-13-11-19-37-35-15-3-7-21-43(35)57(53(31)37)33-25-27-47-41(29-33)51-49-39-17-5-10-24-46(39)60-48-28-26-34(58-44-22-8-4-16-36(44)38-20-12-14-32(2)54(38)58)30-42(48)52(56(49)60)50-40-18-6-9-23-45(40)59(47)55(50)51/h3-30H,1-2H3. The number of para-hydroxylation sites is 6. The quantitative estimate of drug-likeness (QED) is 0.167. The predicted octanol–water partition coefficient (Wildman–Crippen LogP) is 14.8. The molecule has 15 rings (SSSR count). The highest BCUT2D eigenvalue weighted by Gasteiger charge is 2.29. The summed E-state index contributed by atoms with van der Waals surface area (Å²) in [5.74, 6) is 0. The summed E-state index contributed by atoms with van der Waals surface area (Å²) < 4.78 is 10.1. The Morgan fingerprint density at radius 3 is 1.07 bits per heavy atom. The van der Waals surface area contributed by atoms with Gasteiger partial charge >= 0.3 is 0 Å². The van der Waals surface area contributed by atoms with Crippen molar-refractivity contribution < 1.29 is 0 Å². The van der Waals surface area contributed by atoms with Crippen LogP contribution in [0.4, 0.5) is 0 Å². The average molecular weight is 763 g/mol. The van der Waals surface area contributed by atoms with Crippen LogP contribution in [-0.4, -0.2) is 17.9 Å². The fourth-order valence-corrected chi connectivity index (χ4v) is 11.8. The van der Waals surface area contributed by atoms with E-state index in [1.54, 1.807) is 0 Å². The lowest BCUT2D eigenvalue weighted by Gasteiger charge is -2.11. The minimum absolute atomic E-state index is 1.18. The molecule has 9 aromatic carbocycles. The first kappa shape index (κ1) is 31.2. The summed E-state index contributed by atoms with van der Waals surface area (Å²) in [7, 11) is 0. The Morgan fingerprint density at radius 2 is 0.617 bits per heavy atom. The van der Waals surface area contributed by atoms with E-state index in [1.165, 1.54) is 142 Å². The van der Waals surface area contributed by atoms with Gasteiger partial charge in [-0.1, -0.05) is 109 Å². The van der Waals surface area contributed by atoms with Gasteiger partial charge < -0.3 is 17.9 Å². The molecule has 0 fully saturated rings. The maximum Gasteiger partial charge on any atom is 0.0634 e. The third-order valence-electron chi connectivity index (χ3n) is 14.0. The largest absolute Gasteiger partial charge is 0.309 e. The molecule has 0 saturated heterocycles. The van der Waals surface area contributed by atoms with Gasteiger partial charge in [-0.05, 0) is 85.6 Å². The summed E-state index contributed by atoms with van der Waals surface area (Å²) in [6.45, 7) is 4.48. The molecule has 4 nitrogen and oxygen atoms in total. The third-order valence-corrected chi connectivity index (χ3v) is 14.0. The Labute approximate surface area is 342 Å². The summed E-state index contributed by atoms with van der Waals surface area (Å²) in [6, 6.07) is 63.6. The van der Waals surface area contributed by atoms with Crippen LogP contribution in [0.15, 0.2) is 170 Å². The van der Waals surface area contributed by atoms with Gasteiger partial charge in [-0.2, -0.15) is 0 Å². The van der Waals surface area contributed by atoms with Crippen molar-refractivity contribution in [1.82, 2.24) is 17.9 Å². The zero-order chi connectivity index (χ0) is 39.1. The second kappa shape index (κ2) is 10.6. The van der Waals surface area contributed by atoms with E-state index in [0.717, 1.165) is 0 Å². The van der Waals surface area contributed by atoms with Crippen LogP contribution in [-0.2, 0) is 0 Å². The maximum absolute atomic E-state index is 2.57. The maximum atomic E-state index is 2.57. The van der Waals surface area contributed by atoms with Crippen LogP contribution in [0.25, 0.3) is 131 Å².